The number of carbonyl (C=O) groups is 1. The van der Waals surface area contributed by atoms with Gasteiger partial charge in [-0.3, -0.25) is 14.2 Å². The van der Waals surface area contributed by atoms with E-state index in [1.807, 2.05) is 30.3 Å². The van der Waals surface area contributed by atoms with Crippen molar-refractivity contribution in [2.75, 3.05) is 19.4 Å². The molecule has 1 aliphatic heterocycles. The molecule has 0 saturated carbocycles. The Balaban J connectivity index is 1.68. The highest BCUT2D eigenvalue weighted by Gasteiger charge is 2.38. The molecule has 0 aliphatic carbocycles. The number of unbranched alkanes of at least 4 members (excludes halogenated alkanes) is 2. The number of methoxy groups -OCH3 is 1. The molecule has 0 saturated heterocycles. The first-order valence-electron chi connectivity index (χ1n) is 15.5. The number of carboxylic acid groups (broad SMARTS) is 1. The number of thioether (sulfide) groups is 1. The van der Waals surface area contributed by atoms with Crippen molar-refractivity contribution >= 4 is 17.7 Å². The summed E-state index contributed by atoms with van der Waals surface area (Å²) in [4.78, 5) is 25.5. The monoisotopic (exact) mass is 686 g/mol. The van der Waals surface area contributed by atoms with Crippen molar-refractivity contribution in [3.63, 3.8) is 0 Å². The van der Waals surface area contributed by atoms with Gasteiger partial charge in [-0.1, -0.05) is 55.0 Å². The minimum absolute atomic E-state index is 0.0389. The lowest BCUT2D eigenvalue weighted by Crippen LogP contribution is -2.36. The zero-order valence-corrected chi connectivity index (χ0v) is 27.2. The molecule has 2 heterocycles. The zero-order chi connectivity index (χ0) is 34.6. The van der Waals surface area contributed by atoms with Crippen LogP contribution >= 0.6 is 11.8 Å². The molecule has 5 rings (SSSR count). The predicted octanol–water partition coefficient (Wildman–Crippen LogP) is 8.34. The number of nitrogens with zero attached hydrogens (tertiary/aromatic N) is 1. The summed E-state index contributed by atoms with van der Waals surface area (Å²) < 4.78 is 80.1. The van der Waals surface area contributed by atoms with Gasteiger partial charge in [0.2, 0.25) is 0 Å². The van der Waals surface area contributed by atoms with Crippen LogP contribution in [0.2, 0.25) is 0 Å². The SMILES string of the molecule is COc1cccc(-c2c(C)c(Cc3c(F)cccc3C(F)(F)F)c3n(c2=O)C(C(NCCCCCC(=O)O)c2ccccc2)CS3)c1F. The molecule has 254 valence electrons. The van der Waals surface area contributed by atoms with Crippen LogP contribution in [0.25, 0.3) is 11.1 Å². The predicted molar refractivity (Wildman–Crippen MR) is 175 cm³/mol. The number of carboxylic acids is 1. The van der Waals surface area contributed by atoms with Crippen LogP contribution in [0.1, 0.15) is 65.6 Å². The van der Waals surface area contributed by atoms with E-state index in [4.69, 9.17) is 9.84 Å². The van der Waals surface area contributed by atoms with Crippen molar-refractivity contribution in [2.24, 2.45) is 0 Å². The fourth-order valence-corrected chi connectivity index (χ4v) is 7.74. The Morgan fingerprint density at radius 3 is 2.44 bits per heavy atom. The van der Waals surface area contributed by atoms with Crippen LogP contribution in [-0.2, 0) is 17.4 Å². The maximum atomic E-state index is 15.8. The second kappa shape index (κ2) is 14.9. The Kier molecular flexibility index (Phi) is 10.9. The molecule has 2 atom stereocenters. The summed E-state index contributed by atoms with van der Waals surface area (Å²) in [6, 6.07) is 15.6. The van der Waals surface area contributed by atoms with Crippen LogP contribution in [-0.4, -0.2) is 35.1 Å². The topological polar surface area (TPSA) is 80.6 Å². The first kappa shape index (κ1) is 35.2. The standard InChI is InChI=1S/C36H35F5N2O4S/c1-21-24(19-25-26(36(39,40)41)14-10-15-27(25)37)35-43(34(46)31(21)23-13-9-16-29(47-2)32(23)38)28(20-48-35)33(22-11-5-3-6-12-22)42-18-8-4-7-17-30(44)45/h3,5-6,9-16,28,33,42H,4,7-8,17-20H2,1-2H3,(H,44,45). The lowest BCUT2D eigenvalue weighted by Gasteiger charge is -2.28. The van der Waals surface area contributed by atoms with Gasteiger partial charge in [-0.15, -0.1) is 11.8 Å². The first-order chi connectivity index (χ1) is 22.9. The van der Waals surface area contributed by atoms with Crippen LogP contribution in [0.3, 0.4) is 0 Å². The van der Waals surface area contributed by atoms with Crippen LogP contribution in [0, 0.1) is 18.6 Å². The summed E-state index contributed by atoms with van der Waals surface area (Å²) in [6.45, 7) is 2.06. The molecule has 0 radical (unpaired) electrons. The van der Waals surface area contributed by atoms with Gasteiger partial charge in [0.25, 0.3) is 5.56 Å². The third-order valence-corrected chi connectivity index (χ3v) is 9.89. The molecule has 4 aromatic rings. The van der Waals surface area contributed by atoms with Gasteiger partial charge in [-0.25, -0.2) is 8.78 Å². The van der Waals surface area contributed by atoms with E-state index < -0.39 is 59.0 Å². The quantitative estimate of drug-likeness (QED) is 0.109. The molecular formula is C36H35F5N2O4S. The van der Waals surface area contributed by atoms with Crippen LogP contribution < -0.4 is 15.6 Å². The van der Waals surface area contributed by atoms with E-state index in [1.54, 1.807) is 6.92 Å². The maximum Gasteiger partial charge on any atom is 0.416 e. The second-order valence-corrected chi connectivity index (χ2v) is 12.7. The van der Waals surface area contributed by atoms with E-state index in [0.717, 1.165) is 23.8 Å². The highest BCUT2D eigenvalue weighted by Crippen LogP contribution is 2.45. The Morgan fingerprint density at radius 2 is 1.75 bits per heavy atom. The molecule has 0 amide bonds. The number of nitrogens with one attached hydrogen (secondary N) is 1. The molecule has 0 spiro atoms. The Morgan fingerprint density at radius 1 is 1.02 bits per heavy atom. The normalized spacial score (nSPS) is 14.9. The van der Waals surface area contributed by atoms with Crippen molar-refractivity contribution in [2.45, 2.75) is 62.3 Å². The fraction of sp³-hybridized carbons (Fsp3) is 0.333. The van der Waals surface area contributed by atoms with Crippen molar-refractivity contribution in [1.82, 2.24) is 9.88 Å². The molecule has 2 unspecified atom stereocenters. The summed E-state index contributed by atoms with van der Waals surface area (Å²) in [7, 11) is 1.29. The van der Waals surface area contributed by atoms with E-state index in [2.05, 4.69) is 5.32 Å². The van der Waals surface area contributed by atoms with Gasteiger partial charge < -0.3 is 15.2 Å². The van der Waals surface area contributed by atoms with Crippen LogP contribution in [0.5, 0.6) is 5.75 Å². The van der Waals surface area contributed by atoms with Gasteiger partial charge in [0.1, 0.15) is 5.82 Å². The lowest BCUT2D eigenvalue weighted by atomic mass is 9.91. The van der Waals surface area contributed by atoms with E-state index in [1.165, 1.54) is 41.6 Å². The first-order valence-corrected chi connectivity index (χ1v) is 16.5. The number of fused-ring (bicyclic) bond motifs is 1. The molecule has 0 fully saturated rings. The largest absolute Gasteiger partial charge is 0.494 e. The second-order valence-electron chi connectivity index (χ2n) is 11.6. The fourth-order valence-electron chi connectivity index (χ4n) is 6.31. The lowest BCUT2D eigenvalue weighted by molar-refractivity contribution is -0.138. The number of benzene rings is 3. The highest BCUT2D eigenvalue weighted by molar-refractivity contribution is 7.99. The van der Waals surface area contributed by atoms with Gasteiger partial charge in [0.05, 0.1) is 35.3 Å². The average Bonchev–Trinajstić information content (AvgIpc) is 3.49. The van der Waals surface area contributed by atoms with E-state index in [9.17, 15) is 22.8 Å². The van der Waals surface area contributed by atoms with E-state index >= 15 is 8.78 Å². The summed E-state index contributed by atoms with van der Waals surface area (Å²) in [5, 5.41) is 12.9. The van der Waals surface area contributed by atoms with E-state index in [0.29, 0.717) is 42.1 Å². The van der Waals surface area contributed by atoms with Gasteiger partial charge in [-0.2, -0.15) is 13.2 Å². The van der Waals surface area contributed by atoms with Gasteiger partial charge >= 0.3 is 12.1 Å². The third kappa shape index (κ3) is 7.29. The number of pyridine rings is 1. The molecule has 2 N–H and O–H groups in total. The molecule has 48 heavy (non-hydrogen) atoms. The summed E-state index contributed by atoms with van der Waals surface area (Å²) >= 11 is 1.29. The zero-order valence-electron chi connectivity index (χ0n) is 26.4. The number of aromatic nitrogens is 1. The molecule has 3 aromatic carbocycles. The Bertz CT molecular complexity index is 1850. The minimum atomic E-state index is -4.83. The molecule has 0 bridgehead atoms. The van der Waals surface area contributed by atoms with Crippen molar-refractivity contribution in [1.29, 1.82) is 0 Å². The number of halogens is 5. The van der Waals surface area contributed by atoms with Gasteiger partial charge in [-0.05, 0) is 61.2 Å². The van der Waals surface area contributed by atoms with E-state index in [-0.39, 0.29) is 28.9 Å². The molecule has 1 aromatic heterocycles. The van der Waals surface area contributed by atoms with Crippen molar-refractivity contribution in [3.8, 4) is 16.9 Å². The maximum absolute atomic E-state index is 15.8. The Labute approximate surface area is 279 Å². The molecule has 1 aliphatic rings. The molecule has 12 heteroatoms. The number of hydrogen-bond acceptors (Lipinski definition) is 5. The minimum Gasteiger partial charge on any atom is -0.494 e. The highest BCUT2D eigenvalue weighted by atomic mass is 32.2. The number of rotatable bonds is 13. The Hall–Kier alpha value is -4.16. The smallest absolute Gasteiger partial charge is 0.416 e. The number of ether oxygens (including phenoxy) is 1. The van der Waals surface area contributed by atoms with Crippen molar-refractivity contribution in [3.05, 3.63) is 117 Å². The van der Waals surface area contributed by atoms with Gasteiger partial charge in [0, 0.05) is 29.7 Å². The third-order valence-electron chi connectivity index (χ3n) is 8.67. The molecule has 6 nitrogen and oxygen atoms in total. The molecular weight excluding hydrogens is 651 g/mol. The van der Waals surface area contributed by atoms with Crippen LogP contribution in [0.4, 0.5) is 22.0 Å². The van der Waals surface area contributed by atoms with Crippen molar-refractivity contribution < 1.29 is 36.6 Å². The number of alkyl halides is 3. The summed E-state index contributed by atoms with van der Waals surface area (Å²) in [5.41, 5.74) is -0.900. The number of aliphatic carboxylic acids is 1. The summed E-state index contributed by atoms with van der Waals surface area (Å²) in [5.74, 6) is -2.44. The average molecular weight is 687 g/mol. The number of hydrogen-bond donors (Lipinski definition) is 2. The van der Waals surface area contributed by atoms with Gasteiger partial charge in [0.15, 0.2) is 11.6 Å². The van der Waals surface area contributed by atoms with Crippen LogP contribution in [0.15, 0.2) is 76.6 Å². The summed E-state index contributed by atoms with van der Waals surface area (Å²) in [6.07, 6.45) is -3.39.